The van der Waals surface area contributed by atoms with E-state index in [-0.39, 0.29) is 40.7 Å². The zero-order chi connectivity index (χ0) is 30.6. The van der Waals surface area contributed by atoms with Gasteiger partial charge >= 0.3 is 12.2 Å². The summed E-state index contributed by atoms with van der Waals surface area (Å²) in [6.45, 7) is 4.34. The van der Waals surface area contributed by atoms with E-state index in [2.05, 4.69) is 25.8 Å². The first-order chi connectivity index (χ1) is 20.6. The van der Waals surface area contributed by atoms with Gasteiger partial charge in [-0.05, 0) is 35.9 Å². The summed E-state index contributed by atoms with van der Waals surface area (Å²) in [6, 6.07) is 9.60. The third-order valence-corrected chi connectivity index (χ3v) is 7.23. The second-order valence-electron chi connectivity index (χ2n) is 10.2. The molecule has 3 aromatic rings. The quantitative estimate of drug-likeness (QED) is 0.325. The lowest BCUT2D eigenvalue weighted by Gasteiger charge is -2.42. The summed E-state index contributed by atoms with van der Waals surface area (Å²) >= 11 is 0. The number of ether oxygens (including phenoxy) is 2. The van der Waals surface area contributed by atoms with Crippen LogP contribution in [0, 0.1) is 5.82 Å². The minimum Gasteiger partial charge on any atom is -0.457 e. The number of benzene rings is 2. The van der Waals surface area contributed by atoms with Gasteiger partial charge in [0.15, 0.2) is 0 Å². The van der Waals surface area contributed by atoms with E-state index in [9.17, 15) is 27.2 Å². The maximum Gasteiger partial charge on any atom is 0.416 e. The molecule has 3 amide bonds. The van der Waals surface area contributed by atoms with Crippen molar-refractivity contribution in [1.82, 2.24) is 20.1 Å². The molecule has 10 nitrogen and oxygen atoms in total. The van der Waals surface area contributed by atoms with Crippen molar-refractivity contribution in [1.29, 1.82) is 0 Å². The highest BCUT2D eigenvalue weighted by Gasteiger charge is 2.35. The molecule has 5 rings (SSSR count). The first-order valence-corrected chi connectivity index (χ1v) is 13.6. The molecule has 3 heterocycles. The highest BCUT2D eigenvalue weighted by atomic mass is 19.4. The predicted octanol–water partition coefficient (Wildman–Crippen LogP) is 4.55. The average Bonchev–Trinajstić information content (AvgIpc) is 2.94. The molecule has 0 spiro atoms. The third kappa shape index (κ3) is 7.58. The van der Waals surface area contributed by atoms with Crippen LogP contribution in [0.25, 0.3) is 0 Å². The molecule has 0 unspecified atom stereocenters. The average molecular weight is 603 g/mol. The van der Waals surface area contributed by atoms with Crippen molar-refractivity contribution in [3.63, 3.8) is 0 Å². The fraction of sp³-hybridized carbons (Fsp3) is 0.345. The number of pyridine rings is 1. The van der Waals surface area contributed by atoms with Crippen LogP contribution in [0.4, 0.5) is 33.7 Å². The lowest BCUT2D eigenvalue weighted by atomic mass is 10.0. The topological polar surface area (TPSA) is 108 Å². The molecule has 1 aromatic heterocycles. The number of carbonyl (C=O) groups is 2. The number of rotatable bonds is 8. The number of amides is 3. The number of alkyl halides is 3. The van der Waals surface area contributed by atoms with Crippen molar-refractivity contribution in [2.45, 2.75) is 18.8 Å². The van der Waals surface area contributed by atoms with Crippen LogP contribution in [0.5, 0.6) is 11.5 Å². The normalized spacial score (nSPS) is 16.3. The Morgan fingerprint density at radius 3 is 2.40 bits per heavy atom. The predicted molar refractivity (Wildman–Crippen MR) is 150 cm³/mol. The van der Waals surface area contributed by atoms with Gasteiger partial charge in [0.25, 0.3) is 5.91 Å². The van der Waals surface area contributed by atoms with Crippen molar-refractivity contribution < 1.29 is 36.6 Å². The fourth-order valence-electron chi connectivity index (χ4n) is 4.83. The summed E-state index contributed by atoms with van der Waals surface area (Å²) in [5, 5.41) is 7.08. The van der Waals surface area contributed by atoms with E-state index in [0.29, 0.717) is 32.3 Å². The van der Waals surface area contributed by atoms with E-state index in [1.807, 2.05) is 4.90 Å². The molecule has 0 aliphatic carbocycles. The summed E-state index contributed by atoms with van der Waals surface area (Å²) < 4.78 is 67.4. The molecule has 2 aliphatic rings. The second kappa shape index (κ2) is 12.9. The van der Waals surface area contributed by atoms with Crippen LogP contribution in [-0.2, 0) is 17.5 Å². The molecular formula is C29H30F4N6O4. The Morgan fingerprint density at radius 1 is 1.00 bits per heavy atom. The van der Waals surface area contributed by atoms with E-state index in [4.69, 9.17) is 9.47 Å². The molecule has 2 fully saturated rings. The maximum absolute atomic E-state index is 14.7. The van der Waals surface area contributed by atoms with Crippen molar-refractivity contribution in [3.8, 4) is 11.5 Å². The summed E-state index contributed by atoms with van der Waals surface area (Å²) in [5.41, 5.74) is -0.935. The third-order valence-electron chi connectivity index (χ3n) is 7.23. The van der Waals surface area contributed by atoms with Crippen LogP contribution in [0.3, 0.4) is 0 Å². The van der Waals surface area contributed by atoms with Gasteiger partial charge in [0.1, 0.15) is 23.0 Å². The zero-order valence-corrected chi connectivity index (χ0v) is 23.2. The molecule has 0 saturated carbocycles. The van der Waals surface area contributed by atoms with E-state index < -0.39 is 29.5 Å². The van der Waals surface area contributed by atoms with E-state index in [1.54, 1.807) is 0 Å². The number of halogens is 4. The minimum absolute atomic E-state index is 0.0846. The standard InChI is InChI=1S/C29H30F4N6O4/c1-34-27(40)26-14-22(6-7-35-26)43-21-4-5-25(24(30)13-21)37-28(41)36-19-3-2-18(23(12-19)29(31,32)33)15-38-8-10-39(11-9-38)20-16-42-17-20/h2-7,12-14,20H,8-11,15-17H2,1H3,(H,34,40)(H2,36,37,41). The van der Waals surface area contributed by atoms with Gasteiger partial charge in [-0.2, -0.15) is 13.2 Å². The lowest BCUT2D eigenvalue weighted by Crippen LogP contribution is -2.56. The monoisotopic (exact) mass is 602 g/mol. The van der Waals surface area contributed by atoms with Gasteiger partial charge in [-0.3, -0.25) is 19.6 Å². The number of nitrogens with zero attached hydrogens (tertiary/aromatic N) is 3. The van der Waals surface area contributed by atoms with Gasteiger partial charge < -0.3 is 25.4 Å². The van der Waals surface area contributed by atoms with Gasteiger partial charge in [-0.1, -0.05) is 6.07 Å². The van der Waals surface area contributed by atoms with Crippen LogP contribution in [-0.4, -0.2) is 79.2 Å². The van der Waals surface area contributed by atoms with Crippen LogP contribution in [0.2, 0.25) is 0 Å². The Balaban J connectivity index is 1.20. The summed E-state index contributed by atoms with van der Waals surface area (Å²) in [4.78, 5) is 32.5. The maximum atomic E-state index is 14.7. The Hall–Kier alpha value is -4.27. The zero-order valence-electron chi connectivity index (χ0n) is 23.2. The number of anilines is 2. The highest BCUT2D eigenvalue weighted by Crippen LogP contribution is 2.35. The van der Waals surface area contributed by atoms with Crippen LogP contribution >= 0.6 is 0 Å². The molecule has 3 N–H and O–H groups in total. The van der Waals surface area contributed by atoms with Gasteiger partial charge in [0, 0.05) is 63.8 Å². The molecule has 43 heavy (non-hydrogen) atoms. The number of nitrogens with one attached hydrogen (secondary N) is 3. The van der Waals surface area contributed by atoms with Gasteiger partial charge in [0.2, 0.25) is 0 Å². The Labute approximate surface area is 245 Å². The molecule has 2 saturated heterocycles. The molecule has 0 atom stereocenters. The van der Waals surface area contributed by atoms with Crippen LogP contribution < -0.4 is 20.7 Å². The smallest absolute Gasteiger partial charge is 0.416 e. The Bertz CT molecular complexity index is 1480. The fourth-order valence-corrected chi connectivity index (χ4v) is 4.83. The Morgan fingerprint density at radius 2 is 1.74 bits per heavy atom. The number of hydrogen-bond acceptors (Lipinski definition) is 7. The van der Waals surface area contributed by atoms with Crippen LogP contribution in [0.15, 0.2) is 54.7 Å². The highest BCUT2D eigenvalue weighted by molar-refractivity contribution is 6.00. The van der Waals surface area contributed by atoms with Gasteiger partial charge in [-0.25, -0.2) is 9.18 Å². The lowest BCUT2D eigenvalue weighted by molar-refractivity contribution is -0.138. The number of carbonyl (C=O) groups excluding carboxylic acids is 2. The minimum atomic E-state index is -4.63. The molecule has 2 aromatic carbocycles. The summed E-state index contributed by atoms with van der Waals surface area (Å²) in [5.74, 6) is -0.944. The second-order valence-corrected chi connectivity index (χ2v) is 10.2. The molecule has 228 valence electrons. The van der Waals surface area contributed by atoms with Gasteiger partial charge in [-0.15, -0.1) is 0 Å². The van der Waals surface area contributed by atoms with Crippen molar-refractivity contribution in [2.75, 3.05) is 57.1 Å². The molecular weight excluding hydrogens is 572 g/mol. The molecule has 2 aliphatic heterocycles. The number of piperazine rings is 1. The van der Waals surface area contributed by atoms with E-state index >= 15 is 0 Å². The summed E-state index contributed by atoms with van der Waals surface area (Å²) in [7, 11) is 1.45. The SMILES string of the molecule is CNC(=O)c1cc(Oc2ccc(NC(=O)Nc3ccc(CN4CCN(C5COC5)CC4)c(C(F)(F)F)c3)c(F)c2)ccn1. The number of urea groups is 1. The van der Waals surface area contributed by atoms with E-state index in [0.717, 1.165) is 25.2 Å². The van der Waals surface area contributed by atoms with E-state index in [1.165, 1.54) is 49.6 Å². The van der Waals surface area contributed by atoms with Crippen molar-refractivity contribution in [3.05, 3.63) is 77.4 Å². The van der Waals surface area contributed by atoms with Crippen molar-refractivity contribution >= 4 is 23.3 Å². The number of hydrogen-bond donors (Lipinski definition) is 3. The first-order valence-electron chi connectivity index (χ1n) is 13.6. The molecule has 0 radical (unpaired) electrons. The van der Waals surface area contributed by atoms with Crippen molar-refractivity contribution in [2.24, 2.45) is 0 Å². The summed E-state index contributed by atoms with van der Waals surface area (Å²) in [6.07, 6.45) is -3.27. The first kappa shape index (κ1) is 30.2. The molecule has 14 heteroatoms. The number of aromatic nitrogens is 1. The largest absolute Gasteiger partial charge is 0.457 e. The van der Waals surface area contributed by atoms with Crippen LogP contribution in [0.1, 0.15) is 21.6 Å². The van der Waals surface area contributed by atoms with Gasteiger partial charge in [0.05, 0.1) is 30.5 Å². The Kier molecular flexibility index (Phi) is 9.08. The molecule has 0 bridgehead atoms.